The number of hydrogen-bond donors (Lipinski definition) is 2. The minimum atomic E-state index is 0.103. The van der Waals surface area contributed by atoms with E-state index in [0.29, 0.717) is 6.04 Å². The number of nitrogens with one attached hydrogen (secondary N) is 1. The zero-order valence-corrected chi connectivity index (χ0v) is 13.5. The molecule has 1 amide bonds. The van der Waals surface area contributed by atoms with Crippen molar-refractivity contribution in [3.8, 4) is 0 Å². The number of hydrogen-bond acceptors (Lipinski definition) is 2. The third kappa shape index (κ3) is 11.0. The van der Waals surface area contributed by atoms with E-state index in [1.807, 2.05) is 13.8 Å². The Bertz CT molecular complexity index is 239. The van der Waals surface area contributed by atoms with E-state index in [-0.39, 0.29) is 17.9 Å². The molecule has 0 aromatic heterocycles. The molecule has 3 atom stereocenters. The number of rotatable bonds is 10. The van der Waals surface area contributed by atoms with Crippen LogP contribution in [0.4, 0.5) is 0 Å². The first kappa shape index (κ1) is 18.4. The summed E-state index contributed by atoms with van der Waals surface area (Å²) in [6.45, 7) is 10.6. The van der Waals surface area contributed by atoms with E-state index in [2.05, 4.69) is 26.1 Å². The first-order valence-electron chi connectivity index (χ1n) is 7.88. The standard InChI is InChI=1S/C16H34N2O/c1-12(2)8-6-11-15(5)18-16(19)13(3)9-7-10-14(4)17/h12-15H,6-11,17H2,1-5H3,(H,18,19). The molecule has 0 aromatic carbocycles. The molecule has 0 rings (SSSR count). The van der Waals surface area contributed by atoms with E-state index in [9.17, 15) is 4.79 Å². The molecule has 0 aliphatic heterocycles. The molecule has 3 N–H and O–H groups in total. The largest absolute Gasteiger partial charge is 0.353 e. The van der Waals surface area contributed by atoms with Gasteiger partial charge in [0.05, 0.1) is 0 Å². The second kappa shape index (κ2) is 10.2. The fraction of sp³-hybridized carbons (Fsp3) is 0.938. The van der Waals surface area contributed by atoms with Gasteiger partial charge in [-0.3, -0.25) is 4.79 Å². The topological polar surface area (TPSA) is 55.1 Å². The highest BCUT2D eigenvalue weighted by Crippen LogP contribution is 2.11. The number of carbonyl (C=O) groups is 1. The van der Waals surface area contributed by atoms with Crippen molar-refractivity contribution in [3.05, 3.63) is 0 Å². The Labute approximate surface area is 119 Å². The van der Waals surface area contributed by atoms with Gasteiger partial charge in [0, 0.05) is 18.0 Å². The summed E-state index contributed by atoms with van der Waals surface area (Å²) in [6.07, 6.45) is 6.49. The van der Waals surface area contributed by atoms with Crippen molar-refractivity contribution in [1.82, 2.24) is 5.32 Å². The van der Waals surface area contributed by atoms with Gasteiger partial charge < -0.3 is 11.1 Å². The van der Waals surface area contributed by atoms with Crippen LogP contribution in [0.5, 0.6) is 0 Å². The first-order valence-corrected chi connectivity index (χ1v) is 7.88. The lowest BCUT2D eigenvalue weighted by molar-refractivity contribution is -0.125. The Morgan fingerprint density at radius 2 is 1.53 bits per heavy atom. The van der Waals surface area contributed by atoms with Gasteiger partial charge in [-0.15, -0.1) is 0 Å². The van der Waals surface area contributed by atoms with Crippen LogP contribution in [0.3, 0.4) is 0 Å². The minimum absolute atomic E-state index is 0.103. The first-order chi connectivity index (χ1) is 8.82. The van der Waals surface area contributed by atoms with Crippen LogP contribution in [0.25, 0.3) is 0 Å². The Hall–Kier alpha value is -0.570. The number of nitrogens with two attached hydrogens (primary N) is 1. The SMILES string of the molecule is CC(C)CCCC(C)NC(=O)C(C)CCCC(C)N. The zero-order valence-electron chi connectivity index (χ0n) is 13.5. The van der Waals surface area contributed by atoms with Gasteiger partial charge in [-0.1, -0.05) is 40.0 Å². The highest BCUT2D eigenvalue weighted by atomic mass is 16.1. The Kier molecular flexibility index (Phi) is 9.94. The molecule has 0 fully saturated rings. The molecule has 0 bridgehead atoms. The second-order valence-electron chi connectivity index (χ2n) is 6.54. The van der Waals surface area contributed by atoms with Crippen LogP contribution in [0, 0.1) is 11.8 Å². The molecule has 0 saturated carbocycles. The minimum Gasteiger partial charge on any atom is -0.353 e. The highest BCUT2D eigenvalue weighted by molar-refractivity contribution is 5.78. The number of carbonyl (C=O) groups excluding carboxylic acids is 1. The van der Waals surface area contributed by atoms with Gasteiger partial charge in [-0.25, -0.2) is 0 Å². The summed E-state index contributed by atoms with van der Waals surface area (Å²) in [7, 11) is 0. The summed E-state index contributed by atoms with van der Waals surface area (Å²) >= 11 is 0. The normalized spacial score (nSPS) is 16.2. The Balaban J connectivity index is 3.75. The van der Waals surface area contributed by atoms with Crippen molar-refractivity contribution in [2.24, 2.45) is 17.6 Å². The molecule has 3 heteroatoms. The molecule has 19 heavy (non-hydrogen) atoms. The Morgan fingerprint density at radius 1 is 0.947 bits per heavy atom. The summed E-state index contributed by atoms with van der Waals surface area (Å²) in [5, 5.41) is 3.12. The second-order valence-corrected chi connectivity index (χ2v) is 6.54. The molecular weight excluding hydrogens is 236 g/mol. The van der Waals surface area contributed by atoms with E-state index in [0.717, 1.165) is 31.6 Å². The van der Waals surface area contributed by atoms with Crippen LogP contribution in [0.15, 0.2) is 0 Å². The molecule has 3 nitrogen and oxygen atoms in total. The maximum atomic E-state index is 12.0. The summed E-state index contributed by atoms with van der Waals surface area (Å²) < 4.78 is 0. The fourth-order valence-corrected chi connectivity index (χ4v) is 2.17. The molecule has 0 aliphatic carbocycles. The van der Waals surface area contributed by atoms with E-state index in [4.69, 9.17) is 5.73 Å². The highest BCUT2D eigenvalue weighted by Gasteiger charge is 2.15. The molecule has 0 saturated heterocycles. The molecule has 114 valence electrons. The van der Waals surface area contributed by atoms with Gasteiger partial charge in [-0.2, -0.15) is 0 Å². The van der Waals surface area contributed by atoms with E-state index in [1.165, 1.54) is 12.8 Å². The Morgan fingerprint density at radius 3 is 2.05 bits per heavy atom. The fourth-order valence-electron chi connectivity index (χ4n) is 2.17. The van der Waals surface area contributed by atoms with Crippen LogP contribution < -0.4 is 11.1 Å². The van der Waals surface area contributed by atoms with Crippen molar-refractivity contribution in [2.75, 3.05) is 0 Å². The predicted octanol–water partition coefficient (Wildman–Crippen LogP) is 3.47. The van der Waals surface area contributed by atoms with Gasteiger partial charge in [0.15, 0.2) is 0 Å². The average Bonchev–Trinajstić information content (AvgIpc) is 2.27. The zero-order chi connectivity index (χ0) is 14.8. The number of amides is 1. The summed E-state index contributed by atoms with van der Waals surface area (Å²) in [5.74, 6) is 1.05. The molecule has 3 unspecified atom stereocenters. The molecule has 0 heterocycles. The lowest BCUT2D eigenvalue weighted by Gasteiger charge is -2.18. The van der Waals surface area contributed by atoms with Gasteiger partial charge in [-0.05, 0) is 39.0 Å². The predicted molar refractivity (Wildman–Crippen MR) is 83.0 cm³/mol. The molecule has 0 spiro atoms. The molecular formula is C16H34N2O. The third-order valence-corrected chi connectivity index (χ3v) is 3.55. The van der Waals surface area contributed by atoms with Gasteiger partial charge in [0.1, 0.15) is 0 Å². The van der Waals surface area contributed by atoms with Crippen molar-refractivity contribution >= 4 is 5.91 Å². The molecule has 0 radical (unpaired) electrons. The van der Waals surface area contributed by atoms with Crippen LogP contribution in [0.2, 0.25) is 0 Å². The lowest BCUT2D eigenvalue weighted by atomic mass is 10.00. The van der Waals surface area contributed by atoms with Gasteiger partial charge in [0.2, 0.25) is 5.91 Å². The van der Waals surface area contributed by atoms with Crippen LogP contribution in [0.1, 0.15) is 73.1 Å². The summed E-state index contributed by atoms with van der Waals surface area (Å²) in [6, 6.07) is 0.535. The van der Waals surface area contributed by atoms with E-state index in [1.54, 1.807) is 0 Å². The van der Waals surface area contributed by atoms with Crippen LogP contribution in [-0.4, -0.2) is 18.0 Å². The van der Waals surface area contributed by atoms with Crippen LogP contribution in [-0.2, 0) is 4.79 Å². The molecule has 0 aromatic rings. The lowest BCUT2D eigenvalue weighted by Crippen LogP contribution is -2.36. The summed E-state index contributed by atoms with van der Waals surface area (Å²) in [5.41, 5.74) is 5.71. The summed E-state index contributed by atoms with van der Waals surface area (Å²) in [4.78, 5) is 12.0. The van der Waals surface area contributed by atoms with Crippen LogP contribution >= 0.6 is 0 Å². The third-order valence-electron chi connectivity index (χ3n) is 3.55. The maximum Gasteiger partial charge on any atom is 0.223 e. The maximum absolute atomic E-state index is 12.0. The molecule has 0 aliphatic rings. The van der Waals surface area contributed by atoms with Gasteiger partial charge in [0.25, 0.3) is 0 Å². The van der Waals surface area contributed by atoms with Crippen molar-refractivity contribution in [1.29, 1.82) is 0 Å². The van der Waals surface area contributed by atoms with Crippen molar-refractivity contribution < 1.29 is 4.79 Å². The smallest absolute Gasteiger partial charge is 0.223 e. The monoisotopic (exact) mass is 270 g/mol. The van der Waals surface area contributed by atoms with Crippen molar-refractivity contribution in [2.45, 2.75) is 85.2 Å². The van der Waals surface area contributed by atoms with E-state index >= 15 is 0 Å². The van der Waals surface area contributed by atoms with Gasteiger partial charge >= 0.3 is 0 Å². The van der Waals surface area contributed by atoms with Crippen molar-refractivity contribution in [3.63, 3.8) is 0 Å². The van der Waals surface area contributed by atoms with E-state index < -0.39 is 0 Å². The quantitative estimate of drug-likeness (QED) is 0.638. The average molecular weight is 270 g/mol.